The molecule has 1 heterocycles. The van der Waals surface area contributed by atoms with Gasteiger partial charge in [0.05, 0.1) is 26.8 Å². The molecule has 0 unspecified atom stereocenters. The first-order valence-electron chi connectivity index (χ1n) is 11.3. The van der Waals surface area contributed by atoms with Crippen molar-refractivity contribution in [1.82, 2.24) is 10.5 Å². The van der Waals surface area contributed by atoms with E-state index in [1.54, 1.807) is 88.4 Å². The Labute approximate surface area is 212 Å². The summed E-state index contributed by atoms with van der Waals surface area (Å²) in [6, 6.07) is 19.2. The van der Waals surface area contributed by atoms with Crippen LogP contribution in [0, 0.1) is 25.4 Å². The molecule has 0 saturated carbocycles. The van der Waals surface area contributed by atoms with Crippen molar-refractivity contribution in [2.45, 2.75) is 38.8 Å². The lowest BCUT2D eigenvalue weighted by Crippen LogP contribution is -2.53. The molecule has 0 saturated heterocycles. The van der Waals surface area contributed by atoms with E-state index in [2.05, 4.69) is 5.43 Å². The minimum atomic E-state index is -1.21. The van der Waals surface area contributed by atoms with E-state index in [0.29, 0.717) is 21.2 Å². The second kappa shape index (κ2) is 9.06. The van der Waals surface area contributed by atoms with E-state index in [-0.39, 0.29) is 5.56 Å². The quantitative estimate of drug-likeness (QED) is 0.190. The van der Waals surface area contributed by atoms with Gasteiger partial charge in [0.2, 0.25) is 5.69 Å². The Balaban J connectivity index is 1.93. The van der Waals surface area contributed by atoms with Gasteiger partial charge in [-0.3, -0.25) is 25.0 Å². The van der Waals surface area contributed by atoms with Gasteiger partial charge >= 0.3 is 17.2 Å². The van der Waals surface area contributed by atoms with Gasteiger partial charge in [0.25, 0.3) is 0 Å². The molecule has 0 bridgehead atoms. The van der Waals surface area contributed by atoms with Gasteiger partial charge in [-0.05, 0) is 52.0 Å². The largest absolute Gasteiger partial charge is 0.714 e. The fraction of sp³-hybridized carbons (Fsp3) is 0.240. The average molecular weight is 505 g/mol. The van der Waals surface area contributed by atoms with Crippen LogP contribution in [0.15, 0.2) is 72.8 Å². The highest BCUT2D eigenvalue weighted by molar-refractivity contribution is 5.98. The van der Waals surface area contributed by atoms with Crippen LogP contribution in [0.4, 0.5) is 28.4 Å². The number of rotatable bonds is 7. The van der Waals surface area contributed by atoms with Crippen LogP contribution in [-0.4, -0.2) is 36.6 Å². The van der Waals surface area contributed by atoms with Gasteiger partial charge in [-0.25, -0.2) is 5.01 Å². The monoisotopic (exact) mass is 504 g/mol. The number of nitrogens with zero attached hydrogens (tertiary/aromatic N) is 6. The van der Waals surface area contributed by atoms with Gasteiger partial charge in [0.15, 0.2) is 5.54 Å². The lowest BCUT2D eigenvalue weighted by molar-refractivity contribution is -0.539. The van der Waals surface area contributed by atoms with Gasteiger partial charge in [0, 0.05) is 17.3 Å². The topological polar surface area (TPSA) is 153 Å². The summed E-state index contributed by atoms with van der Waals surface area (Å²) in [5.74, 6) is -0.448. The molecule has 0 atom stereocenters. The Kier molecular flexibility index (Phi) is 6.22. The van der Waals surface area contributed by atoms with E-state index in [0.717, 1.165) is 12.1 Å². The van der Waals surface area contributed by atoms with Crippen LogP contribution < -0.4 is 10.4 Å². The minimum absolute atomic E-state index is 0.244. The maximum Gasteiger partial charge on any atom is 0.317 e. The lowest BCUT2D eigenvalue weighted by atomic mass is 9.84. The Morgan fingerprint density at radius 3 is 1.62 bits per heavy atom. The van der Waals surface area contributed by atoms with Crippen molar-refractivity contribution < 1.29 is 19.8 Å². The zero-order valence-electron chi connectivity index (χ0n) is 20.6. The summed E-state index contributed by atoms with van der Waals surface area (Å²) in [6.07, 6.45) is 0. The third-order valence-corrected chi connectivity index (χ3v) is 6.82. The summed E-state index contributed by atoms with van der Waals surface area (Å²) in [7, 11) is 0. The van der Waals surface area contributed by atoms with E-state index >= 15 is 0 Å². The Morgan fingerprint density at radius 2 is 1.27 bits per heavy atom. The number of benzene rings is 3. The molecule has 0 aliphatic carbocycles. The number of amidine groups is 1. The van der Waals surface area contributed by atoms with Crippen molar-refractivity contribution in [1.29, 1.82) is 0 Å². The molecule has 0 spiro atoms. The molecule has 1 aliphatic heterocycles. The highest BCUT2D eigenvalue weighted by atomic mass is 16.6. The predicted molar refractivity (Wildman–Crippen MR) is 135 cm³/mol. The van der Waals surface area contributed by atoms with Crippen molar-refractivity contribution >= 4 is 34.3 Å². The number of hydrogen-bond donors (Lipinski definition) is 0. The summed E-state index contributed by atoms with van der Waals surface area (Å²) in [6.45, 7) is 6.23. The fourth-order valence-electron chi connectivity index (χ4n) is 3.96. The summed E-state index contributed by atoms with van der Waals surface area (Å²) < 4.78 is 0.444. The Hall–Kier alpha value is -4.71. The third kappa shape index (κ3) is 4.16. The first-order chi connectivity index (χ1) is 17.4. The van der Waals surface area contributed by atoms with E-state index in [1.807, 2.05) is 0 Å². The minimum Gasteiger partial charge on any atom is -0.714 e. The van der Waals surface area contributed by atoms with Crippen molar-refractivity contribution in [3.8, 4) is 0 Å². The summed E-state index contributed by atoms with van der Waals surface area (Å²) >= 11 is 0. The van der Waals surface area contributed by atoms with Gasteiger partial charge in [0.1, 0.15) is 5.54 Å². The highest BCUT2D eigenvalue weighted by Gasteiger charge is 2.60. The normalized spacial score (nSPS) is 16.0. The van der Waals surface area contributed by atoms with Gasteiger partial charge < -0.3 is 5.21 Å². The number of para-hydroxylation sites is 2. The van der Waals surface area contributed by atoms with Crippen molar-refractivity contribution in [3.05, 3.63) is 104 Å². The molecule has 0 amide bonds. The van der Waals surface area contributed by atoms with Crippen molar-refractivity contribution in [2.75, 3.05) is 5.01 Å². The average Bonchev–Trinajstić information content (AvgIpc) is 2.99. The lowest BCUT2D eigenvalue weighted by Gasteiger charge is -2.32. The maximum atomic E-state index is 13.1. The van der Waals surface area contributed by atoms with E-state index in [9.17, 15) is 30.6 Å². The maximum absolute atomic E-state index is 13.1. The first-order valence-corrected chi connectivity index (χ1v) is 11.3. The molecule has 0 fully saturated rings. The fourth-order valence-corrected chi connectivity index (χ4v) is 3.96. The van der Waals surface area contributed by atoms with Crippen LogP contribution in [0.5, 0.6) is 0 Å². The zero-order valence-corrected chi connectivity index (χ0v) is 20.6. The molecule has 0 aromatic heterocycles. The molecule has 37 heavy (non-hydrogen) atoms. The second-order valence-electron chi connectivity index (χ2n) is 9.49. The molecule has 0 N–H and O–H groups in total. The zero-order chi connectivity index (χ0) is 27.1. The third-order valence-electron chi connectivity index (χ3n) is 6.82. The second-order valence-corrected chi connectivity index (χ2v) is 9.49. The molecule has 12 heteroatoms. The molecule has 190 valence electrons. The molecular formula is C25H24N6O6. The summed E-state index contributed by atoms with van der Waals surface area (Å²) in [5.41, 5.74) is 0.724. The SMILES string of the molecule is CC1(C)N([O])C(c2cc([N+](=O)[O-])c([N]N(c3ccccc3)c3ccccc3)c([N+](=O)[O-])c2)=[N+]([O-])C1(C)C. The van der Waals surface area contributed by atoms with Crippen LogP contribution in [-0.2, 0) is 5.21 Å². The highest BCUT2D eigenvalue weighted by Crippen LogP contribution is 2.42. The summed E-state index contributed by atoms with van der Waals surface area (Å²) in [4.78, 5) is 22.7. The van der Waals surface area contributed by atoms with Crippen molar-refractivity contribution in [3.63, 3.8) is 0 Å². The predicted octanol–water partition coefficient (Wildman–Crippen LogP) is 4.97. The van der Waals surface area contributed by atoms with Gasteiger partial charge in [-0.15, -0.1) is 0 Å². The molecule has 3 aromatic carbocycles. The van der Waals surface area contributed by atoms with Crippen LogP contribution in [0.1, 0.15) is 33.3 Å². The number of anilines is 2. The number of hydroxylamine groups is 3. The van der Waals surface area contributed by atoms with Crippen LogP contribution in [0.2, 0.25) is 0 Å². The molecule has 12 nitrogen and oxygen atoms in total. The first kappa shape index (κ1) is 25.4. The van der Waals surface area contributed by atoms with Crippen LogP contribution in [0.25, 0.3) is 0 Å². The number of nitro groups is 2. The van der Waals surface area contributed by atoms with E-state index in [1.165, 1.54) is 5.01 Å². The molecule has 3 aromatic rings. The number of hydrogen-bond acceptors (Lipinski definition) is 7. The molecule has 2 radical (unpaired) electrons. The van der Waals surface area contributed by atoms with Crippen molar-refractivity contribution in [2.24, 2.45) is 0 Å². The molecule has 1 aliphatic rings. The van der Waals surface area contributed by atoms with Crippen LogP contribution >= 0.6 is 0 Å². The van der Waals surface area contributed by atoms with Gasteiger partial charge in [-0.2, -0.15) is 5.43 Å². The van der Waals surface area contributed by atoms with E-state index in [4.69, 9.17) is 0 Å². The molecule has 4 rings (SSSR count). The standard InChI is InChI=1S/C25H24N6O6/c1-24(2)25(3,4)29(33)23(28(24)32)17-15-20(30(34)35)22(21(16-17)31(36)37)26-27(18-11-7-5-8-12-18)19-13-9-6-10-14-19/h5-16H,1-4H3. The van der Waals surface area contributed by atoms with E-state index < -0.39 is 43.8 Å². The smallest absolute Gasteiger partial charge is 0.317 e. The number of nitro benzene ring substituents is 2. The Morgan fingerprint density at radius 1 is 0.838 bits per heavy atom. The van der Waals surface area contributed by atoms with Crippen LogP contribution in [0.3, 0.4) is 0 Å². The van der Waals surface area contributed by atoms with Gasteiger partial charge in [-0.1, -0.05) is 41.5 Å². The summed E-state index contributed by atoms with van der Waals surface area (Å²) in [5, 5.41) is 52.3. The molecular weight excluding hydrogens is 480 g/mol. The Bertz CT molecular complexity index is 1320.